The third kappa shape index (κ3) is 4.70. The number of para-hydroxylation sites is 1. The molecule has 0 spiro atoms. The number of anilines is 1. The molecule has 0 saturated carbocycles. The van der Waals surface area contributed by atoms with E-state index in [-0.39, 0.29) is 11.7 Å². The number of rotatable bonds is 5. The minimum atomic E-state index is -0.183. The Labute approximate surface area is 121 Å². The summed E-state index contributed by atoms with van der Waals surface area (Å²) < 4.78 is 0. The Bertz CT molecular complexity index is 591. The highest BCUT2D eigenvalue weighted by Gasteiger charge is 2.04. The zero-order valence-electron chi connectivity index (χ0n) is 10.8. The largest absolute Gasteiger partial charge is 0.362 e. The molecule has 0 atom stereocenters. The van der Waals surface area contributed by atoms with Crippen molar-refractivity contribution in [1.29, 1.82) is 5.41 Å². The lowest BCUT2D eigenvalue weighted by Crippen LogP contribution is -2.29. The van der Waals surface area contributed by atoms with Gasteiger partial charge in [0.05, 0.1) is 6.42 Å². The van der Waals surface area contributed by atoms with E-state index in [0.717, 1.165) is 11.3 Å². The lowest BCUT2D eigenvalue weighted by atomic mass is 10.2. The van der Waals surface area contributed by atoms with Gasteiger partial charge in [-0.15, -0.1) is 0 Å². The fraction of sp³-hybridized carbons (Fsp3) is 0.0667. The van der Waals surface area contributed by atoms with Gasteiger partial charge < -0.3 is 10.6 Å². The van der Waals surface area contributed by atoms with Crippen LogP contribution in [0.5, 0.6) is 0 Å². The van der Waals surface area contributed by atoms with Crippen LogP contribution in [0, 0.1) is 5.41 Å². The van der Waals surface area contributed by atoms with Gasteiger partial charge in [0.2, 0.25) is 5.91 Å². The summed E-state index contributed by atoms with van der Waals surface area (Å²) in [7, 11) is 0. The number of carbonyl (C=O) groups is 1. The standard InChI is InChI=1S/C15H15N3OS/c16-14(6-8-17-13-4-2-1-3-5-13)18-15(19)10-12-7-9-20-11-12/h1-9,11,17H,10H2,(H2,16,18,19)/b8-6-. The molecule has 2 rings (SSSR count). The highest BCUT2D eigenvalue weighted by atomic mass is 32.1. The molecule has 1 aromatic carbocycles. The molecule has 1 aromatic heterocycles. The maximum Gasteiger partial charge on any atom is 0.229 e. The smallest absolute Gasteiger partial charge is 0.229 e. The SMILES string of the molecule is N=C(/C=C\Nc1ccccc1)NC(=O)Cc1ccsc1. The van der Waals surface area contributed by atoms with Crippen LogP contribution in [-0.4, -0.2) is 11.7 Å². The number of hydrogen-bond acceptors (Lipinski definition) is 4. The lowest BCUT2D eigenvalue weighted by Gasteiger charge is -2.03. The molecule has 0 aliphatic carbocycles. The van der Waals surface area contributed by atoms with Crippen LogP contribution in [-0.2, 0) is 11.2 Å². The van der Waals surface area contributed by atoms with Crippen molar-refractivity contribution >= 4 is 28.8 Å². The Morgan fingerprint density at radius 3 is 2.75 bits per heavy atom. The molecule has 0 bridgehead atoms. The van der Waals surface area contributed by atoms with Gasteiger partial charge in [-0.2, -0.15) is 11.3 Å². The zero-order chi connectivity index (χ0) is 14.2. The highest BCUT2D eigenvalue weighted by molar-refractivity contribution is 7.08. The lowest BCUT2D eigenvalue weighted by molar-refractivity contribution is -0.119. The first-order chi connectivity index (χ1) is 9.74. The average Bonchev–Trinajstić information content (AvgIpc) is 2.92. The molecule has 5 heteroatoms. The molecule has 2 aromatic rings. The third-order valence-corrected chi connectivity index (χ3v) is 3.22. The van der Waals surface area contributed by atoms with E-state index in [0.29, 0.717) is 6.42 Å². The van der Waals surface area contributed by atoms with Gasteiger partial charge in [-0.1, -0.05) is 18.2 Å². The number of benzene rings is 1. The quantitative estimate of drug-likeness (QED) is 0.584. The predicted molar refractivity (Wildman–Crippen MR) is 83.1 cm³/mol. The number of nitrogens with one attached hydrogen (secondary N) is 3. The van der Waals surface area contributed by atoms with Crippen molar-refractivity contribution in [3.8, 4) is 0 Å². The zero-order valence-corrected chi connectivity index (χ0v) is 11.6. The fourth-order valence-electron chi connectivity index (χ4n) is 1.57. The monoisotopic (exact) mass is 285 g/mol. The van der Waals surface area contributed by atoms with Crippen LogP contribution in [0.1, 0.15) is 5.56 Å². The Hall–Kier alpha value is -2.40. The molecule has 0 saturated heterocycles. The van der Waals surface area contributed by atoms with Gasteiger partial charge in [0.15, 0.2) is 0 Å². The fourth-order valence-corrected chi connectivity index (χ4v) is 2.24. The predicted octanol–water partition coefficient (Wildman–Crippen LogP) is 3.01. The summed E-state index contributed by atoms with van der Waals surface area (Å²) in [5.74, 6) is -0.119. The van der Waals surface area contributed by atoms with Crippen LogP contribution in [0.2, 0.25) is 0 Å². The second-order valence-corrected chi connectivity index (χ2v) is 4.89. The minimum absolute atomic E-state index is 0.0636. The van der Waals surface area contributed by atoms with Crippen molar-refractivity contribution in [2.24, 2.45) is 0 Å². The number of thiophene rings is 1. The maximum atomic E-state index is 11.7. The van der Waals surface area contributed by atoms with Crippen LogP contribution in [0.4, 0.5) is 5.69 Å². The summed E-state index contributed by atoms with van der Waals surface area (Å²) in [5.41, 5.74) is 1.90. The summed E-state index contributed by atoms with van der Waals surface area (Å²) in [6.45, 7) is 0. The van der Waals surface area contributed by atoms with E-state index in [2.05, 4.69) is 10.6 Å². The van der Waals surface area contributed by atoms with E-state index in [1.807, 2.05) is 47.2 Å². The molecule has 4 nitrogen and oxygen atoms in total. The van der Waals surface area contributed by atoms with Crippen molar-refractivity contribution in [3.63, 3.8) is 0 Å². The summed E-state index contributed by atoms with van der Waals surface area (Å²) in [6, 6.07) is 11.5. The molecule has 102 valence electrons. The van der Waals surface area contributed by atoms with Crippen LogP contribution in [0.15, 0.2) is 59.4 Å². The van der Waals surface area contributed by atoms with Crippen molar-refractivity contribution in [1.82, 2.24) is 5.32 Å². The summed E-state index contributed by atoms with van der Waals surface area (Å²) >= 11 is 1.55. The van der Waals surface area contributed by atoms with E-state index in [1.165, 1.54) is 6.08 Å². The molecule has 1 amide bonds. The Morgan fingerprint density at radius 2 is 2.05 bits per heavy atom. The number of amides is 1. The Morgan fingerprint density at radius 1 is 1.25 bits per heavy atom. The molecule has 0 fully saturated rings. The Balaban J connectivity index is 1.76. The van der Waals surface area contributed by atoms with Gasteiger partial charge in [-0.3, -0.25) is 10.2 Å². The first-order valence-electron chi connectivity index (χ1n) is 6.11. The van der Waals surface area contributed by atoms with Gasteiger partial charge in [-0.05, 0) is 40.6 Å². The number of carbonyl (C=O) groups excluding carboxylic acids is 1. The molecular weight excluding hydrogens is 270 g/mol. The van der Waals surface area contributed by atoms with E-state index in [1.54, 1.807) is 17.5 Å². The van der Waals surface area contributed by atoms with Crippen molar-refractivity contribution in [2.75, 3.05) is 5.32 Å². The van der Waals surface area contributed by atoms with Crippen LogP contribution in [0.25, 0.3) is 0 Å². The summed E-state index contributed by atoms with van der Waals surface area (Å²) in [5, 5.41) is 17.1. The van der Waals surface area contributed by atoms with Crippen molar-refractivity contribution < 1.29 is 4.79 Å². The van der Waals surface area contributed by atoms with Gasteiger partial charge in [0, 0.05) is 11.9 Å². The summed E-state index contributed by atoms with van der Waals surface area (Å²) in [4.78, 5) is 11.7. The normalized spacial score (nSPS) is 10.4. The van der Waals surface area contributed by atoms with E-state index >= 15 is 0 Å². The highest BCUT2D eigenvalue weighted by Crippen LogP contribution is 2.06. The Kier molecular flexibility index (Phi) is 5.08. The number of amidine groups is 1. The first kappa shape index (κ1) is 14.0. The van der Waals surface area contributed by atoms with Gasteiger partial charge in [-0.25, -0.2) is 0 Å². The molecule has 0 aliphatic rings. The molecule has 20 heavy (non-hydrogen) atoms. The second-order valence-electron chi connectivity index (χ2n) is 4.11. The summed E-state index contributed by atoms with van der Waals surface area (Å²) in [6.07, 6.45) is 3.44. The molecule has 0 unspecified atom stereocenters. The maximum absolute atomic E-state index is 11.7. The van der Waals surface area contributed by atoms with Gasteiger partial charge in [0.1, 0.15) is 5.84 Å². The van der Waals surface area contributed by atoms with Crippen molar-refractivity contribution in [2.45, 2.75) is 6.42 Å². The second kappa shape index (κ2) is 7.25. The van der Waals surface area contributed by atoms with Crippen LogP contribution in [0.3, 0.4) is 0 Å². The van der Waals surface area contributed by atoms with Gasteiger partial charge >= 0.3 is 0 Å². The number of hydrogen-bond donors (Lipinski definition) is 3. The third-order valence-electron chi connectivity index (χ3n) is 2.49. The molecule has 3 N–H and O–H groups in total. The van der Waals surface area contributed by atoms with E-state index < -0.39 is 0 Å². The van der Waals surface area contributed by atoms with Gasteiger partial charge in [0.25, 0.3) is 0 Å². The van der Waals surface area contributed by atoms with Crippen LogP contribution >= 0.6 is 11.3 Å². The molecule has 1 heterocycles. The van der Waals surface area contributed by atoms with E-state index in [4.69, 9.17) is 5.41 Å². The van der Waals surface area contributed by atoms with E-state index in [9.17, 15) is 4.79 Å². The van der Waals surface area contributed by atoms with Crippen LogP contribution < -0.4 is 10.6 Å². The first-order valence-corrected chi connectivity index (χ1v) is 7.06. The minimum Gasteiger partial charge on any atom is -0.362 e. The topological polar surface area (TPSA) is 65.0 Å². The molecular formula is C15H15N3OS. The molecule has 0 radical (unpaired) electrons. The van der Waals surface area contributed by atoms with Crippen molar-refractivity contribution in [3.05, 3.63) is 65.0 Å². The average molecular weight is 285 g/mol. The molecule has 0 aliphatic heterocycles.